The maximum absolute atomic E-state index is 13.3. The first kappa shape index (κ1) is 39.4. The van der Waals surface area contributed by atoms with Crippen LogP contribution in [-0.4, -0.2) is 44.3 Å². The number of rotatable bonds is 22. The van der Waals surface area contributed by atoms with Gasteiger partial charge < -0.3 is 28.4 Å². The Hall–Kier alpha value is -6.34. The van der Waals surface area contributed by atoms with Gasteiger partial charge in [-0.2, -0.15) is 0 Å². The molecule has 0 N–H and O–H groups in total. The van der Waals surface area contributed by atoms with E-state index >= 15 is 0 Å². The summed E-state index contributed by atoms with van der Waals surface area (Å²) in [5.74, 6) is 0.457. The minimum Gasteiger partial charge on any atom is -0.494 e. The maximum Gasteiger partial charge on any atom is 0.347 e. The van der Waals surface area contributed by atoms with Gasteiger partial charge in [-0.25, -0.2) is 19.2 Å². The van der Waals surface area contributed by atoms with Crippen LogP contribution in [0.25, 0.3) is 16.0 Å². The first-order valence-electron chi connectivity index (χ1n) is 17.4. The topological polar surface area (TPSA) is 111 Å². The van der Waals surface area contributed by atoms with E-state index in [0.29, 0.717) is 49.0 Å². The quantitative estimate of drug-likeness (QED) is 0.0258. The van der Waals surface area contributed by atoms with Gasteiger partial charge in [-0.3, -0.25) is 0 Å². The highest BCUT2D eigenvalue weighted by atomic mass is 16.5. The fraction of sp³-hybridized carbons (Fsp3) is 0.256. The lowest BCUT2D eigenvalue weighted by Gasteiger charge is -2.14. The lowest BCUT2D eigenvalue weighted by molar-refractivity contribution is -0.138. The van der Waals surface area contributed by atoms with Gasteiger partial charge >= 0.3 is 17.9 Å². The molecule has 0 saturated heterocycles. The molecular weight excluding hydrogens is 674 g/mol. The Balaban J connectivity index is 1.31. The van der Waals surface area contributed by atoms with E-state index in [2.05, 4.69) is 18.0 Å². The molecule has 10 nitrogen and oxygen atoms in total. The van der Waals surface area contributed by atoms with Gasteiger partial charge in [0.25, 0.3) is 0 Å². The van der Waals surface area contributed by atoms with E-state index in [1.54, 1.807) is 42.5 Å². The highest BCUT2D eigenvalue weighted by Crippen LogP contribution is 2.29. The van der Waals surface area contributed by atoms with Crippen LogP contribution >= 0.6 is 0 Å². The first-order chi connectivity index (χ1) is 25.9. The van der Waals surface area contributed by atoms with Crippen molar-refractivity contribution in [2.45, 2.75) is 45.1 Å². The standard InChI is InChI=1S/C43H43NO9/c1-4-41(45)50-28-9-7-6-8-26-48-36-20-12-32(13-21-36)31-52-38-24-25-39(40(30-38)49-27-10-11-29-51-42(46)5-2)43(47)53-37-22-16-34(17-23-37)33-14-18-35(44-3)19-15-33/h4-5,12-25,30H,1-2,6-11,26-29,31H2. The lowest BCUT2D eigenvalue weighted by atomic mass is 10.1. The molecule has 4 aromatic carbocycles. The molecule has 0 radical (unpaired) electrons. The van der Waals surface area contributed by atoms with Crippen molar-refractivity contribution >= 4 is 23.6 Å². The molecule has 0 unspecified atom stereocenters. The van der Waals surface area contributed by atoms with Crippen LogP contribution in [0.4, 0.5) is 5.69 Å². The second kappa shape index (κ2) is 21.8. The maximum atomic E-state index is 13.3. The normalized spacial score (nSPS) is 10.3. The number of hydrogen-bond acceptors (Lipinski definition) is 9. The first-order valence-corrected chi connectivity index (χ1v) is 17.4. The molecule has 0 aliphatic rings. The largest absolute Gasteiger partial charge is 0.494 e. The summed E-state index contributed by atoms with van der Waals surface area (Å²) in [5.41, 5.74) is 3.58. The van der Waals surface area contributed by atoms with Crippen molar-refractivity contribution in [3.63, 3.8) is 0 Å². The molecule has 4 aromatic rings. The second-order valence-corrected chi connectivity index (χ2v) is 11.7. The summed E-state index contributed by atoms with van der Waals surface area (Å²) in [4.78, 5) is 39.1. The van der Waals surface area contributed by atoms with Gasteiger partial charge in [0.15, 0.2) is 5.69 Å². The summed E-state index contributed by atoms with van der Waals surface area (Å²) in [6.07, 6.45) is 7.04. The summed E-state index contributed by atoms with van der Waals surface area (Å²) >= 11 is 0. The molecule has 0 fully saturated rings. The fourth-order valence-corrected chi connectivity index (χ4v) is 4.93. The molecular formula is C43H43NO9. The van der Waals surface area contributed by atoms with Gasteiger partial charge in [-0.05, 0) is 91.6 Å². The Kier molecular flexibility index (Phi) is 16.2. The number of carbonyl (C=O) groups excluding carboxylic acids is 3. The molecule has 0 heterocycles. The molecule has 0 spiro atoms. The van der Waals surface area contributed by atoms with E-state index in [9.17, 15) is 14.4 Å². The number of nitrogens with zero attached hydrogens (tertiary/aromatic N) is 1. The van der Waals surface area contributed by atoms with Crippen molar-refractivity contribution in [3.05, 3.63) is 139 Å². The zero-order valence-corrected chi connectivity index (χ0v) is 29.6. The SMILES string of the molecule is [C-]#[N+]c1ccc(-c2ccc(OC(=O)c3ccc(OCc4ccc(OCCCCCCOC(=O)C=C)cc4)cc3OCCCCOC(=O)C=C)cc2)cc1. The molecule has 0 aliphatic carbocycles. The monoisotopic (exact) mass is 717 g/mol. The Bertz CT molecular complexity index is 1840. The molecule has 4 rings (SSSR count). The summed E-state index contributed by atoms with van der Waals surface area (Å²) < 4.78 is 33.6. The summed E-state index contributed by atoms with van der Waals surface area (Å²) in [6, 6.07) is 27.0. The summed E-state index contributed by atoms with van der Waals surface area (Å²) in [6.45, 7) is 15.7. The number of ether oxygens (including phenoxy) is 6. The predicted molar refractivity (Wildman–Crippen MR) is 201 cm³/mol. The van der Waals surface area contributed by atoms with Crippen molar-refractivity contribution in [1.82, 2.24) is 0 Å². The molecule has 274 valence electrons. The summed E-state index contributed by atoms with van der Waals surface area (Å²) in [5, 5.41) is 0. The number of benzene rings is 4. The van der Waals surface area contributed by atoms with Crippen LogP contribution in [0, 0.1) is 6.57 Å². The zero-order valence-electron chi connectivity index (χ0n) is 29.6. The molecule has 0 amide bonds. The second-order valence-electron chi connectivity index (χ2n) is 11.7. The van der Waals surface area contributed by atoms with E-state index in [4.69, 9.17) is 35.0 Å². The number of esters is 3. The molecule has 10 heteroatoms. The number of carbonyl (C=O) groups is 3. The molecule has 0 aliphatic heterocycles. The molecule has 53 heavy (non-hydrogen) atoms. The third-order valence-corrected chi connectivity index (χ3v) is 7.82. The van der Waals surface area contributed by atoms with Crippen LogP contribution < -0.4 is 18.9 Å². The third kappa shape index (κ3) is 13.7. The minimum absolute atomic E-state index is 0.229. The molecule has 0 saturated carbocycles. The number of hydrogen-bond donors (Lipinski definition) is 0. The van der Waals surface area contributed by atoms with Crippen molar-refractivity contribution in [3.8, 4) is 34.1 Å². The van der Waals surface area contributed by atoms with E-state index < -0.39 is 17.9 Å². The van der Waals surface area contributed by atoms with Gasteiger partial charge in [0, 0.05) is 18.2 Å². The van der Waals surface area contributed by atoms with Crippen LogP contribution in [0.3, 0.4) is 0 Å². The Morgan fingerprint density at radius 3 is 1.74 bits per heavy atom. The highest BCUT2D eigenvalue weighted by molar-refractivity contribution is 5.94. The van der Waals surface area contributed by atoms with Gasteiger partial charge in [-0.15, -0.1) is 0 Å². The summed E-state index contributed by atoms with van der Waals surface area (Å²) in [7, 11) is 0. The van der Waals surface area contributed by atoms with Gasteiger partial charge in [0.2, 0.25) is 0 Å². The van der Waals surface area contributed by atoms with E-state index in [1.165, 1.54) is 0 Å². The molecule has 0 atom stereocenters. The smallest absolute Gasteiger partial charge is 0.347 e. The predicted octanol–water partition coefficient (Wildman–Crippen LogP) is 9.26. The van der Waals surface area contributed by atoms with Crippen molar-refractivity contribution in [1.29, 1.82) is 0 Å². The van der Waals surface area contributed by atoms with Crippen molar-refractivity contribution in [2.24, 2.45) is 0 Å². The van der Waals surface area contributed by atoms with E-state index in [-0.39, 0.29) is 25.4 Å². The fourth-order valence-electron chi connectivity index (χ4n) is 4.93. The highest BCUT2D eigenvalue weighted by Gasteiger charge is 2.17. The van der Waals surface area contributed by atoms with Gasteiger partial charge in [0.05, 0.1) is 33.0 Å². The molecule has 0 aromatic heterocycles. The van der Waals surface area contributed by atoms with Crippen LogP contribution in [0.5, 0.6) is 23.0 Å². The average Bonchev–Trinajstić information content (AvgIpc) is 3.19. The van der Waals surface area contributed by atoms with Crippen LogP contribution in [0.2, 0.25) is 0 Å². The Morgan fingerprint density at radius 1 is 0.585 bits per heavy atom. The average molecular weight is 718 g/mol. The van der Waals surface area contributed by atoms with Gasteiger partial charge in [-0.1, -0.05) is 61.7 Å². The van der Waals surface area contributed by atoms with Crippen molar-refractivity contribution in [2.75, 3.05) is 26.4 Å². The van der Waals surface area contributed by atoms with Crippen LogP contribution in [0.1, 0.15) is 54.4 Å². The minimum atomic E-state index is -0.592. The Labute approximate surface area is 310 Å². The van der Waals surface area contributed by atoms with E-state index in [1.807, 2.05) is 48.5 Å². The lowest BCUT2D eigenvalue weighted by Crippen LogP contribution is -2.12. The van der Waals surface area contributed by atoms with E-state index in [0.717, 1.165) is 60.3 Å². The van der Waals surface area contributed by atoms with Crippen molar-refractivity contribution < 1.29 is 42.8 Å². The van der Waals surface area contributed by atoms with Gasteiger partial charge in [0.1, 0.15) is 35.2 Å². The van der Waals surface area contributed by atoms with Crippen LogP contribution in [0.15, 0.2) is 116 Å². The third-order valence-electron chi connectivity index (χ3n) is 7.82. The van der Waals surface area contributed by atoms with Crippen LogP contribution in [-0.2, 0) is 25.7 Å². The zero-order chi connectivity index (χ0) is 37.7. The number of unbranched alkanes of at least 4 members (excludes halogenated alkanes) is 4. The molecule has 0 bridgehead atoms. The Morgan fingerprint density at radius 2 is 1.11 bits per heavy atom.